The summed E-state index contributed by atoms with van der Waals surface area (Å²) < 4.78 is 5.62. The highest BCUT2D eigenvalue weighted by Crippen LogP contribution is 2.26. The van der Waals surface area contributed by atoms with Gasteiger partial charge < -0.3 is 15.4 Å². The average Bonchev–Trinajstić information content (AvgIpc) is 3.03. The van der Waals surface area contributed by atoms with Gasteiger partial charge in [0, 0.05) is 6.92 Å². The minimum atomic E-state index is -0.266. The van der Waals surface area contributed by atoms with Crippen LogP contribution in [-0.4, -0.2) is 18.4 Å². The van der Waals surface area contributed by atoms with Crippen molar-refractivity contribution in [3.63, 3.8) is 0 Å². The van der Waals surface area contributed by atoms with Gasteiger partial charge in [0.2, 0.25) is 5.91 Å². The minimum absolute atomic E-state index is 0.0771. The number of benzene rings is 2. The van der Waals surface area contributed by atoms with Crippen molar-refractivity contribution in [1.29, 1.82) is 0 Å². The van der Waals surface area contributed by atoms with Crippen molar-refractivity contribution in [3.8, 4) is 5.75 Å². The van der Waals surface area contributed by atoms with Crippen LogP contribution < -0.4 is 15.4 Å². The number of nitrogens with one attached hydrogen (secondary N) is 2. The molecule has 1 aliphatic carbocycles. The molecule has 3 rings (SSSR count). The van der Waals surface area contributed by atoms with Gasteiger partial charge in [-0.3, -0.25) is 9.59 Å². The Morgan fingerprint density at radius 2 is 1.80 bits per heavy atom. The second-order valence-electron chi connectivity index (χ2n) is 6.35. The number of hydrogen-bond acceptors (Lipinski definition) is 3. The maximum atomic E-state index is 12.2. The molecule has 2 N–H and O–H groups in total. The van der Waals surface area contributed by atoms with Gasteiger partial charge in [0.05, 0.1) is 11.4 Å². The number of ether oxygens (including phenoxy) is 1. The van der Waals surface area contributed by atoms with Crippen LogP contribution in [0.2, 0.25) is 0 Å². The molecule has 25 heavy (non-hydrogen) atoms. The molecule has 130 valence electrons. The quantitative estimate of drug-likeness (QED) is 0.877. The molecule has 1 aliphatic rings. The van der Waals surface area contributed by atoms with Crippen LogP contribution in [0.1, 0.15) is 30.0 Å². The lowest BCUT2D eigenvalue weighted by Crippen LogP contribution is -2.21. The standard InChI is InChI=1S/C20H22N2O3/c1-13-6-9-18(21-14(2)23)19(10-13)22-20(24)12-25-17-8-7-15-4-3-5-16(15)11-17/h6-11H,3-5,12H2,1-2H3,(H,21,23)(H,22,24). The fourth-order valence-corrected chi connectivity index (χ4v) is 3.03. The Kier molecular flexibility index (Phi) is 5.03. The fraction of sp³-hybridized carbons (Fsp3) is 0.300. The average molecular weight is 338 g/mol. The van der Waals surface area contributed by atoms with E-state index in [9.17, 15) is 9.59 Å². The number of fused-ring (bicyclic) bond motifs is 1. The van der Waals surface area contributed by atoms with Crippen molar-refractivity contribution >= 4 is 23.2 Å². The van der Waals surface area contributed by atoms with E-state index in [-0.39, 0.29) is 18.4 Å². The Balaban J connectivity index is 1.63. The fourth-order valence-electron chi connectivity index (χ4n) is 3.03. The van der Waals surface area contributed by atoms with Gasteiger partial charge in [-0.05, 0) is 67.1 Å². The van der Waals surface area contributed by atoms with Crippen LogP contribution in [0.3, 0.4) is 0 Å². The highest BCUT2D eigenvalue weighted by molar-refractivity contribution is 5.99. The zero-order chi connectivity index (χ0) is 17.8. The van der Waals surface area contributed by atoms with E-state index in [1.807, 2.05) is 31.2 Å². The van der Waals surface area contributed by atoms with E-state index in [2.05, 4.69) is 16.7 Å². The molecule has 0 saturated carbocycles. The van der Waals surface area contributed by atoms with Crippen LogP contribution in [0.25, 0.3) is 0 Å². The Hall–Kier alpha value is -2.82. The smallest absolute Gasteiger partial charge is 0.262 e. The molecule has 0 aliphatic heterocycles. The molecule has 0 fully saturated rings. The number of carbonyl (C=O) groups is 2. The summed E-state index contributed by atoms with van der Waals surface area (Å²) in [7, 11) is 0. The lowest BCUT2D eigenvalue weighted by atomic mass is 10.1. The first-order valence-corrected chi connectivity index (χ1v) is 8.44. The third kappa shape index (κ3) is 4.38. The minimum Gasteiger partial charge on any atom is -0.484 e. The van der Waals surface area contributed by atoms with Gasteiger partial charge in [-0.25, -0.2) is 0 Å². The predicted molar refractivity (Wildman–Crippen MR) is 98.1 cm³/mol. The normalized spacial score (nSPS) is 12.4. The Bertz CT molecular complexity index is 815. The van der Waals surface area contributed by atoms with Crippen LogP contribution in [0, 0.1) is 6.92 Å². The third-order valence-electron chi connectivity index (χ3n) is 4.20. The van der Waals surface area contributed by atoms with E-state index in [0.29, 0.717) is 17.1 Å². The van der Waals surface area contributed by atoms with Gasteiger partial charge in [0.25, 0.3) is 5.91 Å². The second kappa shape index (κ2) is 7.38. The molecule has 0 radical (unpaired) electrons. The van der Waals surface area contributed by atoms with E-state index < -0.39 is 0 Å². The Labute approximate surface area is 147 Å². The monoisotopic (exact) mass is 338 g/mol. The molecule has 2 amide bonds. The summed E-state index contributed by atoms with van der Waals surface area (Å²) in [5, 5.41) is 5.51. The van der Waals surface area contributed by atoms with Gasteiger partial charge in [0.15, 0.2) is 6.61 Å². The van der Waals surface area contributed by atoms with Crippen molar-refractivity contribution in [2.45, 2.75) is 33.1 Å². The molecule has 0 spiro atoms. The first kappa shape index (κ1) is 17.0. The van der Waals surface area contributed by atoms with Crippen LogP contribution >= 0.6 is 0 Å². The number of anilines is 2. The first-order chi connectivity index (χ1) is 12.0. The predicted octanol–water partition coefficient (Wildman–Crippen LogP) is 3.46. The molecule has 0 atom stereocenters. The van der Waals surface area contributed by atoms with E-state index >= 15 is 0 Å². The number of carbonyl (C=O) groups excluding carboxylic acids is 2. The highest BCUT2D eigenvalue weighted by Gasteiger charge is 2.13. The van der Waals surface area contributed by atoms with E-state index in [1.165, 1.54) is 24.5 Å². The number of hydrogen-bond donors (Lipinski definition) is 2. The molecule has 0 saturated heterocycles. The summed E-state index contributed by atoms with van der Waals surface area (Å²) in [5.41, 5.74) is 4.81. The Morgan fingerprint density at radius 3 is 2.60 bits per heavy atom. The summed E-state index contributed by atoms with van der Waals surface area (Å²) in [6.45, 7) is 3.28. The molecule has 0 heterocycles. The van der Waals surface area contributed by atoms with E-state index in [0.717, 1.165) is 18.4 Å². The number of amides is 2. The van der Waals surface area contributed by atoms with Crippen LogP contribution in [0.15, 0.2) is 36.4 Å². The SMILES string of the molecule is CC(=O)Nc1ccc(C)cc1NC(=O)COc1ccc2c(c1)CCC2. The van der Waals surface area contributed by atoms with E-state index in [1.54, 1.807) is 6.07 Å². The maximum Gasteiger partial charge on any atom is 0.262 e. The van der Waals surface area contributed by atoms with Gasteiger partial charge in [-0.2, -0.15) is 0 Å². The summed E-state index contributed by atoms with van der Waals surface area (Å²) in [6, 6.07) is 11.5. The molecular weight excluding hydrogens is 316 g/mol. The van der Waals surface area contributed by atoms with E-state index in [4.69, 9.17) is 4.74 Å². The molecule has 5 nitrogen and oxygen atoms in total. The van der Waals surface area contributed by atoms with Gasteiger partial charge in [-0.1, -0.05) is 12.1 Å². The molecule has 0 aromatic heterocycles. The number of rotatable bonds is 5. The van der Waals surface area contributed by atoms with Crippen molar-refractivity contribution in [1.82, 2.24) is 0 Å². The Morgan fingerprint density at radius 1 is 1.00 bits per heavy atom. The van der Waals surface area contributed by atoms with Crippen molar-refractivity contribution in [3.05, 3.63) is 53.1 Å². The first-order valence-electron chi connectivity index (χ1n) is 8.44. The molecule has 0 unspecified atom stereocenters. The van der Waals surface area contributed by atoms with Crippen LogP contribution in [-0.2, 0) is 22.4 Å². The molecule has 2 aromatic rings. The largest absolute Gasteiger partial charge is 0.484 e. The summed E-state index contributed by atoms with van der Waals surface area (Å²) in [5.74, 6) is 0.258. The molecule has 2 aromatic carbocycles. The van der Waals surface area contributed by atoms with Crippen LogP contribution in [0.4, 0.5) is 11.4 Å². The van der Waals surface area contributed by atoms with Gasteiger partial charge >= 0.3 is 0 Å². The highest BCUT2D eigenvalue weighted by atomic mass is 16.5. The lowest BCUT2D eigenvalue weighted by molar-refractivity contribution is -0.118. The lowest BCUT2D eigenvalue weighted by Gasteiger charge is -2.13. The number of aryl methyl sites for hydroxylation is 3. The maximum absolute atomic E-state index is 12.2. The molecular formula is C20H22N2O3. The second-order valence-corrected chi connectivity index (χ2v) is 6.35. The van der Waals surface area contributed by atoms with Crippen molar-refractivity contribution in [2.24, 2.45) is 0 Å². The molecule has 5 heteroatoms. The summed E-state index contributed by atoms with van der Waals surface area (Å²) in [4.78, 5) is 23.5. The third-order valence-corrected chi connectivity index (χ3v) is 4.20. The summed E-state index contributed by atoms with van der Waals surface area (Å²) >= 11 is 0. The van der Waals surface area contributed by atoms with Crippen molar-refractivity contribution < 1.29 is 14.3 Å². The zero-order valence-electron chi connectivity index (χ0n) is 14.5. The zero-order valence-corrected chi connectivity index (χ0v) is 14.5. The van der Waals surface area contributed by atoms with Crippen LogP contribution in [0.5, 0.6) is 5.75 Å². The summed E-state index contributed by atoms with van der Waals surface area (Å²) in [6.07, 6.45) is 3.37. The van der Waals surface area contributed by atoms with Gasteiger partial charge in [-0.15, -0.1) is 0 Å². The topological polar surface area (TPSA) is 67.4 Å². The van der Waals surface area contributed by atoms with Crippen molar-refractivity contribution in [2.75, 3.05) is 17.2 Å². The van der Waals surface area contributed by atoms with Gasteiger partial charge in [0.1, 0.15) is 5.75 Å². The molecule has 0 bridgehead atoms.